The number of ether oxygens (including phenoxy) is 3. The Labute approximate surface area is 220 Å². The van der Waals surface area contributed by atoms with Gasteiger partial charge < -0.3 is 14.2 Å². The van der Waals surface area contributed by atoms with Crippen molar-refractivity contribution in [1.29, 1.82) is 0 Å². The average molecular weight is 577 g/mol. The summed E-state index contributed by atoms with van der Waals surface area (Å²) >= 11 is 16.2. The van der Waals surface area contributed by atoms with Gasteiger partial charge in [-0.15, -0.1) is 0 Å². The molecule has 9 heteroatoms. The summed E-state index contributed by atoms with van der Waals surface area (Å²) in [6, 6.07) is 18.3. The molecule has 174 valence electrons. The van der Waals surface area contributed by atoms with Crippen LogP contribution in [0.1, 0.15) is 11.1 Å². The molecular weight excluding hydrogens is 558 g/mol. The summed E-state index contributed by atoms with van der Waals surface area (Å²) in [7, 11) is 3.17. The van der Waals surface area contributed by atoms with Crippen molar-refractivity contribution in [2.24, 2.45) is 0 Å². The molecule has 0 spiro atoms. The molecule has 1 aliphatic heterocycles. The number of halogens is 2. The van der Waals surface area contributed by atoms with Gasteiger partial charge in [-0.3, -0.25) is 9.69 Å². The molecule has 0 aromatic heterocycles. The van der Waals surface area contributed by atoms with Gasteiger partial charge in [-0.25, -0.2) is 0 Å². The van der Waals surface area contributed by atoms with Crippen molar-refractivity contribution in [3.8, 4) is 17.2 Å². The van der Waals surface area contributed by atoms with E-state index in [9.17, 15) is 4.79 Å². The third kappa shape index (κ3) is 5.41. The molecule has 0 radical (unpaired) electrons. The van der Waals surface area contributed by atoms with E-state index in [1.165, 1.54) is 16.7 Å². The zero-order valence-electron chi connectivity index (χ0n) is 18.2. The third-order valence-electron chi connectivity index (χ3n) is 5.00. The van der Waals surface area contributed by atoms with Gasteiger partial charge in [0.2, 0.25) is 0 Å². The molecular formula is C25H19BrClNO4S2. The zero-order valence-corrected chi connectivity index (χ0v) is 22.2. The predicted octanol–water partition coefficient (Wildman–Crippen LogP) is 7.10. The first-order valence-electron chi connectivity index (χ1n) is 10.1. The van der Waals surface area contributed by atoms with E-state index in [-0.39, 0.29) is 5.91 Å². The van der Waals surface area contributed by atoms with Crippen LogP contribution in [0.15, 0.2) is 70.0 Å². The fourth-order valence-corrected chi connectivity index (χ4v) is 5.15. The van der Waals surface area contributed by atoms with Gasteiger partial charge >= 0.3 is 0 Å². The van der Waals surface area contributed by atoms with E-state index in [1.807, 2.05) is 30.3 Å². The summed E-state index contributed by atoms with van der Waals surface area (Å²) in [5, 5.41) is 0.674. The SMILES string of the molecule is COc1ccc(N2C(=O)C(=Cc3cc(Br)c(OCc4ccc(Cl)cc4)cc3OC)SC2=S)cc1. The molecule has 1 heterocycles. The van der Waals surface area contributed by atoms with Gasteiger partial charge in [-0.2, -0.15) is 0 Å². The average Bonchev–Trinajstić information content (AvgIpc) is 3.12. The van der Waals surface area contributed by atoms with Gasteiger partial charge in [0, 0.05) is 16.7 Å². The molecule has 1 aliphatic rings. The van der Waals surface area contributed by atoms with Crippen LogP contribution in [0.4, 0.5) is 5.69 Å². The number of hydrogen-bond donors (Lipinski definition) is 0. The van der Waals surface area contributed by atoms with E-state index in [4.69, 9.17) is 38.0 Å². The van der Waals surface area contributed by atoms with Gasteiger partial charge in [0.05, 0.1) is 29.3 Å². The summed E-state index contributed by atoms with van der Waals surface area (Å²) in [5.41, 5.74) is 2.40. The number of amides is 1. The minimum atomic E-state index is -0.193. The van der Waals surface area contributed by atoms with Crippen LogP contribution in [-0.4, -0.2) is 24.4 Å². The van der Waals surface area contributed by atoms with Crippen LogP contribution in [0.25, 0.3) is 6.08 Å². The minimum Gasteiger partial charge on any atom is -0.497 e. The quantitative estimate of drug-likeness (QED) is 0.221. The molecule has 3 aromatic rings. The normalized spacial score (nSPS) is 14.6. The molecule has 1 fully saturated rings. The number of rotatable bonds is 7. The maximum atomic E-state index is 13.1. The van der Waals surface area contributed by atoms with Gasteiger partial charge in [0.25, 0.3) is 5.91 Å². The Morgan fingerprint density at radius 3 is 2.38 bits per heavy atom. The Hall–Kier alpha value is -2.52. The molecule has 0 atom stereocenters. The van der Waals surface area contributed by atoms with Crippen molar-refractivity contribution in [2.75, 3.05) is 19.1 Å². The second-order valence-electron chi connectivity index (χ2n) is 7.15. The van der Waals surface area contributed by atoms with E-state index < -0.39 is 0 Å². The lowest BCUT2D eigenvalue weighted by Gasteiger charge is -2.15. The second kappa shape index (κ2) is 10.8. The molecule has 0 N–H and O–H groups in total. The van der Waals surface area contributed by atoms with Gasteiger partial charge in [-0.05, 0) is 70.0 Å². The highest BCUT2D eigenvalue weighted by molar-refractivity contribution is 9.10. The molecule has 5 nitrogen and oxygen atoms in total. The monoisotopic (exact) mass is 575 g/mol. The summed E-state index contributed by atoms with van der Waals surface area (Å²) in [5.74, 6) is 1.71. The summed E-state index contributed by atoms with van der Waals surface area (Å²) in [6.07, 6.45) is 1.77. The Bertz CT molecular complexity index is 1260. The largest absolute Gasteiger partial charge is 0.497 e. The van der Waals surface area contributed by atoms with Crippen molar-refractivity contribution in [3.63, 3.8) is 0 Å². The number of methoxy groups -OCH3 is 2. The fourth-order valence-electron chi connectivity index (χ4n) is 3.25. The first-order chi connectivity index (χ1) is 16.4. The highest BCUT2D eigenvalue weighted by atomic mass is 79.9. The third-order valence-corrected chi connectivity index (χ3v) is 7.18. The number of carbonyl (C=O) groups excluding carboxylic acids is 1. The summed E-state index contributed by atoms with van der Waals surface area (Å²) < 4.78 is 17.9. The summed E-state index contributed by atoms with van der Waals surface area (Å²) in [4.78, 5) is 15.2. The predicted molar refractivity (Wildman–Crippen MR) is 145 cm³/mol. The number of carbonyl (C=O) groups is 1. The number of anilines is 1. The Balaban J connectivity index is 1.56. The van der Waals surface area contributed by atoms with E-state index >= 15 is 0 Å². The van der Waals surface area contributed by atoms with E-state index in [2.05, 4.69) is 15.9 Å². The van der Waals surface area contributed by atoms with Crippen LogP contribution in [0.2, 0.25) is 5.02 Å². The molecule has 0 aliphatic carbocycles. The molecule has 34 heavy (non-hydrogen) atoms. The van der Waals surface area contributed by atoms with E-state index in [0.717, 1.165) is 15.6 Å². The molecule has 1 amide bonds. The lowest BCUT2D eigenvalue weighted by molar-refractivity contribution is -0.113. The van der Waals surface area contributed by atoms with Crippen molar-refractivity contribution in [1.82, 2.24) is 0 Å². The molecule has 0 bridgehead atoms. The Kier molecular flexibility index (Phi) is 7.83. The van der Waals surface area contributed by atoms with Crippen LogP contribution < -0.4 is 19.1 Å². The molecule has 4 rings (SSSR count). The van der Waals surface area contributed by atoms with Crippen molar-refractivity contribution in [2.45, 2.75) is 6.61 Å². The van der Waals surface area contributed by atoms with Crippen LogP contribution in [-0.2, 0) is 11.4 Å². The summed E-state index contributed by atoms with van der Waals surface area (Å²) in [6.45, 7) is 0.374. The van der Waals surface area contributed by atoms with Crippen LogP contribution in [0.5, 0.6) is 17.2 Å². The van der Waals surface area contributed by atoms with Gasteiger partial charge in [-0.1, -0.05) is 47.7 Å². The van der Waals surface area contributed by atoms with Crippen LogP contribution in [0.3, 0.4) is 0 Å². The molecule has 3 aromatic carbocycles. The molecule has 0 unspecified atom stereocenters. The maximum absolute atomic E-state index is 13.1. The van der Waals surface area contributed by atoms with Gasteiger partial charge in [0.1, 0.15) is 23.9 Å². The number of hydrogen-bond acceptors (Lipinski definition) is 6. The topological polar surface area (TPSA) is 48.0 Å². The Morgan fingerprint density at radius 2 is 1.74 bits per heavy atom. The van der Waals surface area contributed by atoms with Crippen LogP contribution >= 0.6 is 51.5 Å². The number of nitrogens with zero attached hydrogens (tertiary/aromatic N) is 1. The zero-order chi connectivity index (χ0) is 24.2. The molecule has 0 saturated carbocycles. The van der Waals surface area contributed by atoms with Crippen molar-refractivity contribution >= 4 is 73.5 Å². The second-order valence-corrected chi connectivity index (χ2v) is 10.1. The van der Waals surface area contributed by atoms with Crippen molar-refractivity contribution in [3.05, 3.63) is 86.2 Å². The molecule has 1 saturated heterocycles. The maximum Gasteiger partial charge on any atom is 0.270 e. The standard InChI is InChI=1S/C25H19BrClNO4S2/c1-30-19-9-7-18(8-10-19)28-24(29)23(34-25(28)33)12-16-11-20(26)22(13-21(16)31-2)32-14-15-3-5-17(27)6-4-15/h3-13H,14H2,1-2H3. The smallest absolute Gasteiger partial charge is 0.270 e. The number of thioether (sulfide) groups is 1. The fraction of sp³-hybridized carbons (Fsp3) is 0.120. The Morgan fingerprint density at radius 1 is 1.03 bits per heavy atom. The lowest BCUT2D eigenvalue weighted by Crippen LogP contribution is -2.27. The highest BCUT2D eigenvalue weighted by Crippen LogP contribution is 2.40. The first kappa shape index (κ1) is 24.6. The van der Waals surface area contributed by atoms with E-state index in [1.54, 1.807) is 50.6 Å². The number of benzene rings is 3. The highest BCUT2D eigenvalue weighted by Gasteiger charge is 2.33. The van der Waals surface area contributed by atoms with Crippen LogP contribution in [0, 0.1) is 0 Å². The number of thiocarbonyl (C=S) groups is 1. The lowest BCUT2D eigenvalue weighted by atomic mass is 10.1. The first-order valence-corrected chi connectivity index (χ1v) is 12.5. The minimum absolute atomic E-state index is 0.193. The van der Waals surface area contributed by atoms with Gasteiger partial charge in [0.15, 0.2) is 4.32 Å². The van der Waals surface area contributed by atoms with Crippen molar-refractivity contribution < 1.29 is 19.0 Å². The van der Waals surface area contributed by atoms with E-state index in [0.29, 0.717) is 43.8 Å².